The number of nitrogens with zero attached hydrogens (tertiary/aromatic N) is 1. The fourth-order valence-electron chi connectivity index (χ4n) is 0.510. The van der Waals surface area contributed by atoms with Crippen LogP contribution in [0.5, 0.6) is 0 Å². The molecule has 0 aliphatic rings. The molecular formula is C9H13NO2. The minimum absolute atomic E-state index is 0.0806. The quantitative estimate of drug-likeness (QED) is 0.363. The lowest BCUT2D eigenvalue weighted by Crippen LogP contribution is -2.09. The average molecular weight is 167 g/mol. The van der Waals surface area contributed by atoms with Gasteiger partial charge in [-0.2, -0.15) is 0 Å². The molecule has 0 aliphatic heterocycles. The van der Waals surface area contributed by atoms with Crippen LogP contribution in [0.4, 0.5) is 0 Å². The highest BCUT2D eigenvalue weighted by atomic mass is 16.5. The first-order chi connectivity index (χ1) is 5.57. The summed E-state index contributed by atoms with van der Waals surface area (Å²) in [6.45, 7) is 13.8. The number of rotatable bonds is 4. The van der Waals surface area contributed by atoms with Crippen LogP contribution in [0.1, 0.15) is 20.3 Å². The molecule has 0 aliphatic carbocycles. The van der Waals surface area contributed by atoms with E-state index in [4.69, 9.17) is 11.3 Å². The van der Waals surface area contributed by atoms with E-state index < -0.39 is 0 Å². The number of ether oxygens (including phenoxy) is 1. The van der Waals surface area contributed by atoms with Crippen LogP contribution in [0.15, 0.2) is 12.2 Å². The van der Waals surface area contributed by atoms with Crippen molar-refractivity contribution in [3.63, 3.8) is 0 Å². The molecule has 0 radical (unpaired) electrons. The van der Waals surface area contributed by atoms with E-state index in [1.165, 1.54) is 0 Å². The molecule has 0 saturated carbocycles. The van der Waals surface area contributed by atoms with E-state index in [9.17, 15) is 4.79 Å². The van der Waals surface area contributed by atoms with Crippen molar-refractivity contribution in [3.05, 3.63) is 23.6 Å². The summed E-state index contributed by atoms with van der Waals surface area (Å²) in [5.41, 5.74) is 0.394. The first-order valence-corrected chi connectivity index (χ1v) is 3.77. The van der Waals surface area contributed by atoms with Gasteiger partial charge >= 0.3 is 5.97 Å². The van der Waals surface area contributed by atoms with Gasteiger partial charge in [0.15, 0.2) is 0 Å². The van der Waals surface area contributed by atoms with Gasteiger partial charge in [-0.05, 0) is 6.92 Å². The number of hydrogen-bond donors (Lipinski definition) is 0. The van der Waals surface area contributed by atoms with E-state index in [0.717, 1.165) is 0 Å². The van der Waals surface area contributed by atoms with Crippen LogP contribution in [0.2, 0.25) is 0 Å². The molecule has 0 bridgehead atoms. The molecule has 0 aromatic heterocycles. The van der Waals surface area contributed by atoms with E-state index >= 15 is 0 Å². The maximum Gasteiger partial charge on any atom is 0.333 e. The van der Waals surface area contributed by atoms with Crippen LogP contribution < -0.4 is 0 Å². The Hall–Kier alpha value is -1.30. The van der Waals surface area contributed by atoms with Gasteiger partial charge in [0.05, 0.1) is 13.0 Å². The molecule has 0 aromatic rings. The van der Waals surface area contributed by atoms with Crippen molar-refractivity contribution >= 4 is 5.97 Å². The molecular weight excluding hydrogens is 154 g/mol. The molecule has 0 saturated heterocycles. The fraction of sp³-hybridized carbons (Fsp3) is 0.556. The van der Waals surface area contributed by atoms with Gasteiger partial charge in [0.2, 0.25) is 6.04 Å². The van der Waals surface area contributed by atoms with Crippen LogP contribution in [-0.2, 0) is 9.53 Å². The van der Waals surface area contributed by atoms with Crippen molar-refractivity contribution in [2.45, 2.75) is 26.3 Å². The smallest absolute Gasteiger partial charge is 0.333 e. The summed E-state index contributed by atoms with van der Waals surface area (Å²) in [4.78, 5) is 14.1. The summed E-state index contributed by atoms with van der Waals surface area (Å²) in [5, 5.41) is 0. The van der Waals surface area contributed by atoms with Gasteiger partial charge in [0.1, 0.15) is 0 Å². The topological polar surface area (TPSA) is 30.7 Å². The van der Waals surface area contributed by atoms with Crippen molar-refractivity contribution in [3.8, 4) is 0 Å². The van der Waals surface area contributed by atoms with Crippen molar-refractivity contribution in [1.29, 1.82) is 0 Å². The molecule has 0 N–H and O–H groups in total. The Morgan fingerprint density at radius 3 is 2.75 bits per heavy atom. The van der Waals surface area contributed by atoms with E-state index in [2.05, 4.69) is 11.4 Å². The number of hydrogen-bond acceptors (Lipinski definition) is 2. The zero-order valence-corrected chi connectivity index (χ0v) is 7.46. The Morgan fingerprint density at radius 1 is 1.75 bits per heavy atom. The van der Waals surface area contributed by atoms with Crippen LogP contribution >= 0.6 is 0 Å². The van der Waals surface area contributed by atoms with E-state index in [1.54, 1.807) is 13.8 Å². The predicted molar refractivity (Wildman–Crippen MR) is 46.5 cm³/mol. The first-order valence-electron chi connectivity index (χ1n) is 3.77. The van der Waals surface area contributed by atoms with Crippen LogP contribution in [0.25, 0.3) is 4.85 Å². The van der Waals surface area contributed by atoms with Crippen LogP contribution in [0, 0.1) is 6.57 Å². The van der Waals surface area contributed by atoms with Crippen LogP contribution in [-0.4, -0.2) is 18.6 Å². The third-order valence-electron chi connectivity index (χ3n) is 1.34. The predicted octanol–water partition coefficient (Wildman–Crippen LogP) is 1.80. The Labute approximate surface area is 72.8 Å². The van der Waals surface area contributed by atoms with Crippen molar-refractivity contribution in [2.75, 3.05) is 6.61 Å². The summed E-state index contributed by atoms with van der Waals surface area (Å²) in [7, 11) is 0. The van der Waals surface area contributed by atoms with E-state index in [-0.39, 0.29) is 12.0 Å². The molecule has 66 valence electrons. The summed E-state index contributed by atoms with van der Waals surface area (Å²) in [6.07, 6.45) is 0.586. The maximum atomic E-state index is 10.8. The summed E-state index contributed by atoms with van der Waals surface area (Å²) >= 11 is 0. The lowest BCUT2D eigenvalue weighted by molar-refractivity contribution is -0.139. The number of esters is 1. The Balaban J connectivity index is 3.52. The van der Waals surface area contributed by atoms with Crippen molar-refractivity contribution in [1.82, 2.24) is 0 Å². The van der Waals surface area contributed by atoms with Gasteiger partial charge < -0.3 is 9.58 Å². The highest BCUT2D eigenvalue weighted by molar-refractivity contribution is 5.86. The summed E-state index contributed by atoms with van der Waals surface area (Å²) < 4.78 is 4.79. The second-order valence-corrected chi connectivity index (χ2v) is 2.68. The van der Waals surface area contributed by atoms with E-state index in [0.29, 0.717) is 18.6 Å². The number of carbonyl (C=O) groups is 1. The Bertz CT molecular complexity index is 215. The first kappa shape index (κ1) is 10.7. The minimum atomic E-state index is -0.382. The normalized spacial score (nSPS) is 11.4. The largest absolute Gasteiger partial charge is 0.462 e. The van der Waals surface area contributed by atoms with Gasteiger partial charge in [0.25, 0.3) is 0 Å². The third kappa shape index (κ3) is 4.51. The second kappa shape index (κ2) is 5.36. The lowest BCUT2D eigenvalue weighted by Gasteiger charge is -2.02. The van der Waals surface area contributed by atoms with E-state index in [1.807, 2.05) is 0 Å². The molecule has 0 aromatic carbocycles. The standard InChI is InChI=1S/C9H13NO2/c1-7(2)9(11)12-6-5-8(3)10-4/h8H,1,5-6H2,2-3H3. The molecule has 0 fully saturated rings. The monoisotopic (exact) mass is 167 g/mol. The third-order valence-corrected chi connectivity index (χ3v) is 1.34. The van der Waals surface area contributed by atoms with Gasteiger partial charge in [-0.1, -0.05) is 6.58 Å². The summed E-state index contributed by atoms with van der Waals surface area (Å²) in [5.74, 6) is -0.382. The molecule has 1 unspecified atom stereocenters. The van der Waals surface area contributed by atoms with Gasteiger partial charge in [-0.15, -0.1) is 0 Å². The van der Waals surface area contributed by atoms with Crippen molar-refractivity contribution in [2.24, 2.45) is 0 Å². The molecule has 0 amide bonds. The SMILES string of the molecule is [C-]#[N+]C(C)CCOC(=O)C(=C)C. The Morgan fingerprint density at radius 2 is 2.33 bits per heavy atom. The van der Waals surface area contributed by atoms with Crippen LogP contribution in [0.3, 0.4) is 0 Å². The Kier molecular flexibility index (Phi) is 4.78. The van der Waals surface area contributed by atoms with Crippen molar-refractivity contribution < 1.29 is 9.53 Å². The highest BCUT2D eigenvalue weighted by Crippen LogP contribution is 1.98. The maximum absolute atomic E-state index is 10.8. The summed E-state index contributed by atoms with van der Waals surface area (Å²) in [6, 6.07) is -0.0806. The molecule has 12 heavy (non-hydrogen) atoms. The molecule has 0 heterocycles. The highest BCUT2D eigenvalue weighted by Gasteiger charge is 2.07. The van der Waals surface area contributed by atoms with Gasteiger partial charge in [-0.3, -0.25) is 0 Å². The lowest BCUT2D eigenvalue weighted by atomic mass is 10.3. The molecule has 1 atom stereocenters. The second-order valence-electron chi connectivity index (χ2n) is 2.68. The zero-order chi connectivity index (χ0) is 9.56. The molecule has 0 spiro atoms. The number of carbonyl (C=O) groups excluding carboxylic acids is 1. The van der Waals surface area contributed by atoms with Gasteiger partial charge in [-0.25, -0.2) is 11.4 Å². The average Bonchev–Trinajstić information content (AvgIpc) is 2.03. The fourth-order valence-corrected chi connectivity index (χ4v) is 0.510. The van der Waals surface area contributed by atoms with Gasteiger partial charge in [0, 0.05) is 12.5 Å². The molecule has 3 nitrogen and oxygen atoms in total. The molecule has 0 rings (SSSR count). The minimum Gasteiger partial charge on any atom is -0.462 e. The zero-order valence-electron chi connectivity index (χ0n) is 7.46. The molecule has 3 heteroatoms.